The van der Waals surface area contributed by atoms with Gasteiger partial charge in [-0.2, -0.15) is 17.9 Å². The number of thiophene rings is 1. The third-order valence-corrected chi connectivity index (χ3v) is 7.05. The average molecular weight is 413 g/mol. The molecule has 0 N–H and O–H groups in total. The molecule has 0 amide bonds. The van der Waals surface area contributed by atoms with Gasteiger partial charge >= 0.3 is 0 Å². The lowest BCUT2D eigenvalue weighted by Crippen LogP contribution is -2.27. The lowest BCUT2D eigenvalue weighted by Gasteiger charge is -2.23. The maximum Gasteiger partial charge on any atom is 0.279 e. The number of nitrogens with zero attached hydrogens (tertiary/aromatic N) is 3. The highest BCUT2D eigenvalue weighted by Gasteiger charge is 2.38. The van der Waals surface area contributed by atoms with Crippen LogP contribution in [0, 0.1) is 10.1 Å². The molecule has 0 fully saturated rings. The predicted molar refractivity (Wildman–Crippen MR) is 107 cm³/mol. The Balaban J connectivity index is 1.81. The van der Waals surface area contributed by atoms with Gasteiger partial charge in [0, 0.05) is 18.6 Å². The molecule has 9 heteroatoms. The molecule has 0 spiro atoms. The predicted octanol–water partition coefficient (Wildman–Crippen LogP) is 4.20. The molecular weight excluding hydrogens is 398 g/mol. The van der Waals surface area contributed by atoms with Crippen LogP contribution in [0.15, 0.2) is 82.1 Å². The fourth-order valence-electron chi connectivity index (χ4n) is 3.10. The van der Waals surface area contributed by atoms with Crippen molar-refractivity contribution in [3.63, 3.8) is 0 Å². The first-order chi connectivity index (χ1) is 13.5. The van der Waals surface area contributed by atoms with Crippen molar-refractivity contribution in [1.29, 1.82) is 0 Å². The third-order valence-electron chi connectivity index (χ3n) is 4.43. The lowest BCUT2D eigenvalue weighted by molar-refractivity contribution is -0.384. The molecule has 0 bridgehead atoms. The maximum atomic E-state index is 13.2. The fourth-order valence-corrected chi connectivity index (χ4v) is 5.27. The minimum atomic E-state index is -3.91. The smallest absolute Gasteiger partial charge is 0.258 e. The summed E-state index contributed by atoms with van der Waals surface area (Å²) in [6, 6.07) is 17.2. The summed E-state index contributed by atoms with van der Waals surface area (Å²) in [4.78, 5) is 11.7. The van der Waals surface area contributed by atoms with Crippen molar-refractivity contribution in [2.24, 2.45) is 5.10 Å². The number of hydrogen-bond acceptors (Lipinski definition) is 6. The van der Waals surface area contributed by atoms with Gasteiger partial charge in [-0.15, -0.1) is 11.3 Å². The van der Waals surface area contributed by atoms with Crippen molar-refractivity contribution in [2.45, 2.75) is 17.4 Å². The Hall–Kier alpha value is -3.04. The van der Waals surface area contributed by atoms with Gasteiger partial charge in [0.25, 0.3) is 15.7 Å². The Kier molecular flexibility index (Phi) is 4.70. The van der Waals surface area contributed by atoms with E-state index >= 15 is 0 Å². The van der Waals surface area contributed by atoms with Crippen LogP contribution >= 0.6 is 11.3 Å². The summed E-state index contributed by atoms with van der Waals surface area (Å²) < 4.78 is 27.6. The van der Waals surface area contributed by atoms with E-state index in [0.29, 0.717) is 17.7 Å². The second kappa shape index (κ2) is 7.17. The van der Waals surface area contributed by atoms with E-state index in [0.717, 1.165) is 9.29 Å². The Morgan fingerprint density at radius 2 is 1.86 bits per heavy atom. The van der Waals surface area contributed by atoms with Gasteiger partial charge < -0.3 is 0 Å². The monoisotopic (exact) mass is 413 g/mol. The van der Waals surface area contributed by atoms with Gasteiger partial charge in [-0.3, -0.25) is 10.1 Å². The molecule has 28 heavy (non-hydrogen) atoms. The first kappa shape index (κ1) is 18.3. The molecule has 3 aromatic rings. The van der Waals surface area contributed by atoms with Gasteiger partial charge in [0.05, 0.1) is 26.4 Å². The lowest BCUT2D eigenvalue weighted by atomic mass is 10.0. The van der Waals surface area contributed by atoms with E-state index in [1.54, 1.807) is 30.3 Å². The van der Waals surface area contributed by atoms with E-state index in [9.17, 15) is 18.5 Å². The molecule has 1 aromatic heterocycles. The fraction of sp³-hybridized carbons (Fsp3) is 0.105. The first-order valence-corrected chi connectivity index (χ1v) is 10.7. The van der Waals surface area contributed by atoms with Crippen molar-refractivity contribution >= 4 is 32.8 Å². The number of benzene rings is 2. The minimum Gasteiger partial charge on any atom is -0.258 e. The molecule has 1 atom stereocenters. The highest BCUT2D eigenvalue weighted by Crippen LogP contribution is 2.38. The van der Waals surface area contributed by atoms with Crippen LogP contribution in [0.3, 0.4) is 0 Å². The Bertz CT molecular complexity index is 1140. The largest absolute Gasteiger partial charge is 0.279 e. The van der Waals surface area contributed by atoms with Crippen molar-refractivity contribution in [3.05, 3.63) is 92.7 Å². The molecule has 0 aliphatic carbocycles. The molecule has 1 aliphatic heterocycles. The Morgan fingerprint density at radius 3 is 2.54 bits per heavy atom. The van der Waals surface area contributed by atoms with E-state index < -0.39 is 21.0 Å². The second-order valence-corrected chi connectivity index (χ2v) is 8.93. The molecule has 142 valence electrons. The number of sulfonamides is 1. The number of hydrazone groups is 1. The molecule has 7 nitrogen and oxygen atoms in total. The summed E-state index contributed by atoms with van der Waals surface area (Å²) in [5.41, 5.74) is 1.09. The van der Waals surface area contributed by atoms with Crippen molar-refractivity contribution in [2.75, 3.05) is 0 Å². The van der Waals surface area contributed by atoms with E-state index in [1.165, 1.54) is 35.6 Å². The van der Waals surface area contributed by atoms with E-state index in [-0.39, 0.29) is 10.6 Å². The molecule has 1 aliphatic rings. The molecule has 1 unspecified atom stereocenters. The highest BCUT2D eigenvalue weighted by atomic mass is 32.2. The number of non-ortho nitro benzene ring substituents is 1. The van der Waals surface area contributed by atoms with Gasteiger partial charge in [-0.1, -0.05) is 36.4 Å². The van der Waals surface area contributed by atoms with Crippen LogP contribution < -0.4 is 0 Å². The SMILES string of the molecule is O=[N+]([O-])c1cccc(C2CC(c3cccs3)=NN2S(=O)(=O)c2ccccc2)c1. The molecule has 4 rings (SSSR count). The second-order valence-electron chi connectivity index (χ2n) is 6.19. The van der Waals surface area contributed by atoms with Crippen LogP contribution in [-0.2, 0) is 10.0 Å². The summed E-state index contributed by atoms with van der Waals surface area (Å²) in [5.74, 6) is 0. The zero-order valence-corrected chi connectivity index (χ0v) is 16.1. The molecule has 0 radical (unpaired) electrons. The van der Waals surface area contributed by atoms with E-state index in [4.69, 9.17) is 0 Å². The quantitative estimate of drug-likeness (QED) is 0.463. The highest BCUT2D eigenvalue weighted by molar-refractivity contribution is 7.89. The van der Waals surface area contributed by atoms with E-state index in [2.05, 4.69) is 5.10 Å². The molecule has 0 saturated carbocycles. The van der Waals surface area contributed by atoms with Gasteiger partial charge in [0.2, 0.25) is 0 Å². The summed E-state index contributed by atoms with van der Waals surface area (Å²) in [7, 11) is -3.91. The standard InChI is InChI=1S/C19H15N3O4S2/c23-22(24)15-7-4-6-14(12-15)18-13-17(19-10-5-11-27-19)20-21(18)28(25,26)16-8-2-1-3-9-16/h1-12,18H,13H2. The number of nitro benzene ring substituents is 1. The Labute approximate surface area is 165 Å². The summed E-state index contributed by atoms with van der Waals surface area (Å²) >= 11 is 1.47. The van der Waals surface area contributed by atoms with Crippen LogP contribution in [0.1, 0.15) is 22.9 Å². The van der Waals surface area contributed by atoms with E-state index in [1.807, 2.05) is 17.5 Å². The molecule has 2 aromatic carbocycles. The zero-order valence-electron chi connectivity index (χ0n) is 14.5. The summed E-state index contributed by atoms with van der Waals surface area (Å²) in [6.45, 7) is 0. The van der Waals surface area contributed by atoms with Crippen molar-refractivity contribution in [3.8, 4) is 0 Å². The molecular formula is C19H15N3O4S2. The van der Waals surface area contributed by atoms with Gasteiger partial charge in [0.15, 0.2) is 0 Å². The number of nitro groups is 1. The van der Waals surface area contributed by atoms with Crippen molar-refractivity contribution in [1.82, 2.24) is 4.41 Å². The molecule has 2 heterocycles. The van der Waals surface area contributed by atoms with Gasteiger partial charge in [-0.05, 0) is 29.1 Å². The maximum absolute atomic E-state index is 13.2. The van der Waals surface area contributed by atoms with Crippen LogP contribution in [0.5, 0.6) is 0 Å². The summed E-state index contributed by atoms with van der Waals surface area (Å²) in [5, 5.41) is 17.5. The summed E-state index contributed by atoms with van der Waals surface area (Å²) in [6.07, 6.45) is 0.341. The number of hydrogen-bond donors (Lipinski definition) is 0. The van der Waals surface area contributed by atoms with Crippen LogP contribution in [-0.4, -0.2) is 23.5 Å². The van der Waals surface area contributed by atoms with Gasteiger partial charge in [-0.25, -0.2) is 0 Å². The average Bonchev–Trinajstić information content (AvgIpc) is 3.39. The van der Waals surface area contributed by atoms with Crippen LogP contribution in [0.4, 0.5) is 5.69 Å². The van der Waals surface area contributed by atoms with Crippen molar-refractivity contribution < 1.29 is 13.3 Å². The molecule has 0 saturated heterocycles. The minimum absolute atomic E-state index is 0.0841. The zero-order chi connectivity index (χ0) is 19.7. The van der Waals surface area contributed by atoms with Crippen LogP contribution in [0.2, 0.25) is 0 Å². The Morgan fingerprint density at radius 1 is 1.07 bits per heavy atom. The first-order valence-electron chi connectivity index (χ1n) is 8.42. The number of rotatable bonds is 5. The third kappa shape index (κ3) is 3.30. The normalized spacial score (nSPS) is 16.8. The topological polar surface area (TPSA) is 92.9 Å². The van der Waals surface area contributed by atoms with Crippen LogP contribution in [0.25, 0.3) is 0 Å². The van der Waals surface area contributed by atoms with Gasteiger partial charge in [0.1, 0.15) is 0 Å².